The van der Waals surface area contributed by atoms with E-state index in [0.29, 0.717) is 30.9 Å². The van der Waals surface area contributed by atoms with Crippen molar-refractivity contribution in [2.75, 3.05) is 37.6 Å². The van der Waals surface area contributed by atoms with E-state index in [1.165, 1.54) is 0 Å². The van der Waals surface area contributed by atoms with E-state index in [1.54, 1.807) is 12.4 Å². The second-order valence-electron chi connectivity index (χ2n) is 10.9. The van der Waals surface area contributed by atoms with E-state index in [0.717, 1.165) is 43.0 Å². The maximum atomic E-state index is 13.7. The fourth-order valence-electron chi connectivity index (χ4n) is 5.35. The molecule has 4 aromatic rings. The van der Waals surface area contributed by atoms with Gasteiger partial charge in [-0.1, -0.05) is 24.3 Å². The van der Waals surface area contributed by atoms with Crippen LogP contribution in [0.2, 0.25) is 0 Å². The lowest BCUT2D eigenvalue weighted by atomic mass is 10.1. The summed E-state index contributed by atoms with van der Waals surface area (Å²) < 4.78 is 65.5. The standard InChI is InChI=1S/C28H28N6O2.2C2HF3O2/c35-27(21-7-2-1-3-8-21)34-16-6-10-24(34)26-30-25(23-9-4-5-15-33(23)26)28(36)32-19-17-31(18-20-32)22-11-13-29-14-12-22;2*3-2(4,5)1(6)7/h1-5,7-9,11-15,24H,6,10,16-20H2;2*(H,6,7). The highest BCUT2D eigenvalue weighted by atomic mass is 19.4. The molecule has 1 atom stereocenters. The van der Waals surface area contributed by atoms with Crippen LogP contribution in [0, 0.1) is 0 Å². The van der Waals surface area contributed by atoms with Gasteiger partial charge in [-0.25, -0.2) is 14.6 Å². The number of hydrogen-bond donors (Lipinski definition) is 2. The number of pyridine rings is 2. The Bertz CT molecular complexity index is 1770. The summed E-state index contributed by atoms with van der Waals surface area (Å²) in [5.74, 6) is -4.81. The van der Waals surface area contributed by atoms with Crippen LogP contribution in [0.4, 0.5) is 32.0 Å². The molecule has 3 aromatic heterocycles. The second kappa shape index (κ2) is 15.7. The number of carboxylic acid groups (broad SMARTS) is 2. The number of anilines is 1. The zero-order valence-electron chi connectivity index (χ0n) is 26.0. The van der Waals surface area contributed by atoms with E-state index in [9.17, 15) is 35.9 Å². The Balaban J connectivity index is 0.000000340. The molecule has 50 heavy (non-hydrogen) atoms. The van der Waals surface area contributed by atoms with Crippen molar-refractivity contribution < 1.29 is 55.7 Å². The van der Waals surface area contributed by atoms with Crippen molar-refractivity contribution in [3.8, 4) is 0 Å². The number of likely N-dealkylation sites (tertiary alicyclic amines) is 1. The van der Waals surface area contributed by atoms with Crippen LogP contribution in [0.3, 0.4) is 0 Å². The molecule has 5 heterocycles. The third-order valence-corrected chi connectivity index (χ3v) is 7.69. The number of nitrogens with zero attached hydrogens (tertiary/aromatic N) is 6. The van der Waals surface area contributed by atoms with Crippen molar-refractivity contribution in [2.24, 2.45) is 0 Å². The van der Waals surface area contributed by atoms with Gasteiger partial charge in [0, 0.05) is 62.6 Å². The second-order valence-corrected chi connectivity index (χ2v) is 10.9. The van der Waals surface area contributed by atoms with Crippen molar-refractivity contribution in [1.82, 2.24) is 24.2 Å². The SMILES string of the molecule is O=C(O)C(F)(F)F.O=C(O)C(F)(F)F.O=C(c1nc(C2CCCN2C(=O)c2ccccc2)n2ccccc12)N1CCN(c2ccncc2)CC1. The Morgan fingerprint density at radius 1 is 0.720 bits per heavy atom. The predicted octanol–water partition coefficient (Wildman–Crippen LogP) is 4.94. The van der Waals surface area contributed by atoms with Crippen LogP contribution in [0.25, 0.3) is 5.52 Å². The molecule has 6 rings (SSSR count). The van der Waals surface area contributed by atoms with E-state index in [2.05, 4.69) is 9.88 Å². The normalized spacial score (nSPS) is 16.2. The Hall–Kier alpha value is -5.68. The highest BCUT2D eigenvalue weighted by molar-refractivity contribution is 5.99. The molecule has 2 N–H and O–H groups in total. The smallest absolute Gasteiger partial charge is 0.475 e. The fourth-order valence-corrected chi connectivity index (χ4v) is 5.35. The molecule has 1 unspecified atom stereocenters. The van der Waals surface area contributed by atoms with E-state index in [-0.39, 0.29) is 17.9 Å². The Kier molecular flexibility index (Phi) is 11.7. The van der Waals surface area contributed by atoms with Gasteiger partial charge in [0.15, 0.2) is 5.69 Å². The zero-order chi connectivity index (χ0) is 36.6. The van der Waals surface area contributed by atoms with Gasteiger partial charge in [0.05, 0.1) is 11.6 Å². The highest BCUT2D eigenvalue weighted by Crippen LogP contribution is 2.34. The number of fused-ring (bicyclic) bond motifs is 1. The summed E-state index contributed by atoms with van der Waals surface area (Å²) in [5, 5.41) is 14.2. The summed E-state index contributed by atoms with van der Waals surface area (Å²) in [6.45, 7) is 3.46. The number of hydrogen-bond acceptors (Lipinski definition) is 7. The molecule has 2 saturated heterocycles. The summed E-state index contributed by atoms with van der Waals surface area (Å²) in [7, 11) is 0. The molecule has 0 radical (unpaired) electrons. The lowest BCUT2D eigenvalue weighted by Crippen LogP contribution is -2.49. The lowest BCUT2D eigenvalue weighted by molar-refractivity contribution is -0.193. The maximum absolute atomic E-state index is 13.7. The summed E-state index contributed by atoms with van der Waals surface area (Å²) in [5.41, 5.74) is 3.04. The van der Waals surface area contributed by atoms with Crippen LogP contribution >= 0.6 is 0 Å². The van der Waals surface area contributed by atoms with Crippen LogP contribution < -0.4 is 4.90 Å². The van der Waals surface area contributed by atoms with Gasteiger partial charge >= 0.3 is 24.3 Å². The van der Waals surface area contributed by atoms with Crippen LogP contribution in [-0.4, -0.2) is 103 Å². The van der Waals surface area contributed by atoms with Gasteiger partial charge in [-0.3, -0.25) is 14.6 Å². The number of halogens is 6. The number of rotatable bonds is 4. The minimum absolute atomic E-state index is 0.00546. The van der Waals surface area contributed by atoms with Gasteiger partial charge in [-0.2, -0.15) is 26.3 Å². The molecule has 266 valence electrons. The third kappa shape index (κ3) is 9.06. The first-order valence-corrected chi connectivity index (χ1v) is 15.0. The zero-order valence-corrected chi connectivity index (χ0v) is 26.0. The van der Waals surface area contributed by atoms with Gasteiger partial charge in [0.2, 0.25) is 0 Å². The number of alkyl halides is 6. The molecule has 2 aliphatic rings. The molecule has 18 heteroatoms. The predicted molar refractivity (Wildman–Crippen MR) is 164 cm³/mol. The van der Waals surface area contributed by atoms with E-state index in [4.69, 9.17) is 24.8 Å². The first kappa shape index (κ1) is 37.1. The number of imidazole rings is 1. The fraction of sp³-hybridized carbons (Fsp3) is 0.312. The Morgan fingerprint density at radius 2 is 1.28 bits per heavy atom. The number of benzene rings is 1. The van der Waals surface area contributed by atoms with Gasteiger partial charge < -0.3 is 29.3 Å². The van der Waals surface area contributed by atoms with Crippen molar-refractivity contribution >= 4 is 35.0 Å². The molecule has 0 aliphatic carbocycles. The van der Waals surface area contributed by atoms with Crippen molar-refractivity contribution in [2.45, 2.75) is 31.2 Å². The number of piperazine rings is 1. The van der Waals surface area contributed by atoms with Crippen molar-refractivity contribution in [3.63, 3.8) is 0 Å². The Morgan fingerprint density at radius 3 is 1.84 bits per heavy atom. The lowest BCUT2D eigenvalue weighted by Gasteiger charge is -2.35. The molecular weight excluding hydrogens is 678 g/mol. The number of carbonyl (C=O) groups is 4. The topological polar surface area (TPSA) is 149 Å². The summed E-state index contributed by atoms with van der Waals surface area (Å²) in [6, 6.07) is 19.0. The molecule has 0 spiro atoms. The van der Waals surface area contributed by atoms with Crippen LogP contribution in [0.5, 0.6) is 0 Å². The average Bonchev–Trinajstić information content (AvgIpc) is 3.74. The van der Waals surface area contributed by atoms with E-state index >= 15 is 0 Å². The highest BCUT2D eigenvalue weighted by Gasteiger charge is 2.39. The molecule has 0 saturated carbocycles. The molecule has 2 fully saturated rings. The number of carboxylic acids is 2. The molecular formula is C32H30F6N6O6. The van der Waals surface area contributed by atoms with Crippen molar-refractivity contribution in [1.29, 1.82) is 0 Å². The maximum Gasteiger partial charge on any atom is 0.490 e. The van der Waals surface area contributed by atoms with Gasteiger partial charge in [-0.05, 0) is 49.2 Å². The number of carbonyl (C=O) groups excluding carboxylic acids is 2. The first-order chi connectivity index (χ1) is 23.6. The molecule has 12 nitrogen and oxygen atoms in total. The molecule has 1 aromatic carbocycles. The average molecular weight is 709 g/mol. The van der Waals surface area contributed by atoms with E-state index < -0.39 is 24.3 Å². The molecule has 2 aliphatic heterocycles. The monoisotopic (exact) mass is 708 g/mol. The van der Waals surface area contributed by atoms with Gasteiger partial charge in [-0.15, -0.1) is 0 Å². The van der Waals surface area contributed by atoms with Crippen LogP contribution in [-0.2, 0) is 9.59 Å². The number of aromatic nitrogens is 3. The quantitative estimate of drug-likeness (QED) is 0.282. The minimum Gasteiger partial charge on any atom is -0.475 e. The van der Waals surface area contributed by atoms with Crippen LogP contribution in [0.15, 0.2) is 79.3 Å². The van der Waals surface area contributed by atoms with Crippen LogP contribution in [0.1, 0.15) is 45.6 Å². The minimum atomic E-state index is -5.08. The summed E-state index contributed by atoms with van der Waals surface area (Å²) in [6.07, 6.45) is -2.91. The Labute approximate surface area is 280 Å². The van der Waals surface area contributed by atoms with Crippen molar-refractivity contribution in [3.05, 3.63) is 96.3 Å². The summed E-state index contributed by atoms with van der Waals surface area (Å²) >= 11 is 0. The molecule has 2 amide bonds. The third-order valence-electron chi connectivity index (χ3n) is 7.69. The largest absolute Gasteiger partial charge is 0.490 e. The number of amides is 2. The number of aliphatic carboxylic acids is 2. The van der Waals surface area contributed by atoms with Gasteiger partial charge in [0.25, 0.3) is 11.8 Å². The molecule has 0 bridgehead atoms. The first-order valence-electron chi connectivity index (χ1n) is 15.0. The van der Waals surface area contributed by atoms with E-state index in [1.807, 2.05) is 81.1 Å². The van der Waals surface area contributed by atoms with Gasteiger partial charge in [0.1, 0.15) is 5.82 Å². The summed E-state index contributed by atoms with van der Waals surface area (Å²) in [4.78, 5) is 59.8.